The zero-order chi connectivity index (χ0) is 23.0. The van der Waals surface area contributed by atoms with Crippen LogP contribution in [0.4, 0.5) is 18.9 Å². The van der Waals surface area contributed by atoms with E-state index in [2.05, 4.69) is 15.4 Å². The number of nitrogens with zero attached hydrogens (tertiary/aromatic N) is 3. The number of aromatic nitrogens is 3. The van der Waals surface area contributed by atoms with Crippen LogP contribution in [0, 0.1) is 18.6 Å². The fraction of sp³-hybridized carbons (Fsp3) is 0.429. The van der Waals surface area contributed by atoms with E-state index in [1.165, 1.54) is 23.7 Å². The zero-order valence-corrected chi connectivity index (χ0v) is 18.4. The average molecular weight is 468 g/mol. The Hall–Kier alpha value is -2.47. The van der Waals surface area contributed by atoms with E-state index in [1.807, 2.05) is 0 Å². The number of aryl methyl sites for hydroxylation is 2. The van der Waals surface area contributed by atoms with Crippen LogP contribution in [0.2, 0.25) is 0 Å². The Morgan fingerprint density at radius 2 is 2.03 bits per heavy atom. The maximum Gasteiger partial charge on any atom is 0.169 e. The minimum absolute atomic E-state index is 0.123. The monoisotopic (exact) mass is 467 g/mol. The van der Waals surface area contributed by atoms with Crippen molar-refractivity contribution in [2.24, 2.45) is 12.8 Å². The summed E-state index contributed by atoms with van der Waals surface area (Å²) in [4.78, 5) is 4.21. The Bertz CT molecular complexity index is 1070. The summed E-state index contributed by atoms with van der Waals surface area (Å²) in [7, 11) is 1.72. The molecule has 1 saturated heterocycles. The maximum atomic E-state index is 14.3. The van der Waals surface area contributed by atoms with Crippen LogP contribution in [-0.2, 0) is 11.8 Å². The molecule has 0 amide bonds. The molecule has 4 rings (SSSR count). The van der Waals surface area contributed by atoms with Crippen LogP contribution >= 0.6 is 11.3 Å². The van der Waals surface area contributed by atoms with Gasteiger partial charge >= 0.3 is 0 Å². The van der Waals surface area contributed by atoms with E-state index < -0.39 is 36.2 Å². The quantitative estimate of drug-likeness (QED) is 0.495. The first kappa shape index (κ1) is 22.7. The summed E-state index contributed by atoms with van der Waals surface area (Å²) in [5.74, 6) is -1.43. The van der Waals surface area contributed by atoms with E-state index in [-0.39, 0.29) is 22.9 Å². The van der Waals surface area contributed by atoms with Crippen molar-refractivity contribution in [3.8, 4) is 10.6 Å². The summed E-state index contributed by atoms with van der Waals surface area (Å²) in [5.41, 5.74) is 7.37. The van der Waals surface area contributed by atoms with Crippen molar-refractivity contribution in [1.82, 2.24) is 14.8 Å². The molecule has 0 bridgehead atoms. The number of alkyl halides is 1. The molecule has 0 saturated carbocycles. The van der Waals surface area contributed by atoms with Gasteiger partial charge in [0.1, 0.15) is 34.6 Å². The Labute approximate surface area is 187 Å². The van der Waals surface area contributed by atoms with Crippen molar-refractivity contribution in [3.05, 3.63) is 52.3 Å². The SMILES string of the molecule is Cc1cc(F)c(-c2nc(C(O)Nc3cnn(C)c3[C@@H]3CC[C@@H](N)[C@H](F)CO3)cs2)c(F)c1. The maximum absolute atomic E-state index is 14.3. The Morgan fingerprint density at radius 1 is 1.31 bits per heavy atom. The Morgan fingerprint density at radius 3 is 2.75 bits per heavy atom. The molecule has 32 heavy (non-hydrogen) atoms. The Kier molecular flexibility index (Phi) is 6.52. The second-order valence-electron chi connectivity index (χ2n) is 7.87. The van der Waals surface area contributed by atoms with Crippen LogP contribution in [-0.4, -0.2) is 38.7 Å². The molecule has 1 aliphatic heterocycles. The molecule has 11 heteroatoms. The van der Waals surface area contributed by atoms with Gasteiger partial charge in [0, 0.05) is 18.5 Å². The fourth-order valence-electron chi connectivity index (χ4n) is 3.75. The molecule has 1 aromatic carbocycles. The Balaban J connectivity index is 1.54. The van der Waals surface area contributed by atoms with Gasteiger partial charge in [0.25, 0.3) is 0 Å². The standard InChI is InChI=1S/C21H24F3N5O2S/c1-10-5-11(22)18(12(23)6-10)21-28-16(9-32-21)20(30)27-15-7-26-29(2)19(15)17-4-3-14(25)13(24)8-31-17/h5-7,9,13-14,17,20,27,30H,3-4,8,25H2,1-2H3/t13-,14-,17+,20?/m1/s1. The summed E-state index contributed by atoms with van der Waals surface area (Å²) in [5, 5.41) is 19.5. The molecular formula is C21H24F3N5O2S. The number of ether oxygens (including phenoxy) is 1. The van der Waals surface area contributed by atoms with E-state index in [4.69, 9.17) is 10.5 Å². The van der Waals surface area contributed by atoms with Crippen molar-refractivity contribution in [3.63, 3.8) is 0 Å². The molecule has 0 aliphatic carbocycles. The number of hydrogen-bond acceptors (Lipinski definition) is 7. The largest absolute Gasteiger partial charge is 0.369 e. The van der Waals surface area contributed by atoms with Crippen LogP contribution in [0.1, 0.15) is 42.1 Å². The summed E-state index contributed by atoms with van der Waals surface area (Å²) in [6.07, 6.45) is -0.494. The second kappa shape index (κ2) is 9.18. The van der Waals surface area contributed by atoms with E-state index in [0.717, 1.165) is 11.3 Å². The zero-order valence-electron chi connectivity index (χ0n) is 17.6. The first-order valence-electron chi connectivity index (χ1n) is 10.1. The van der Waals surface area contributed by atoms with E-state index in [1.54, 1.807) is 18.7 Å². The number of nitrogens with one attached hydrogen (secondary N) is 1. The average Bonchev–Trinajstić information content (AvgIpc) is 3.30. The van der Waals surface area contributed by atoms with Crippen LogP contribution in [0.5, 0.6) is 0 Å². The number of benzene rings is 1. The molecule has 3 aromatic rings. The molecule has 2 aromatic heterocycles. The van der Waals surface area contributed by atoms with Crippen LogP contribution < -0.4 is 11.1 Å². The first-order valence-corrected chi connectivity index (χ1v) is 11.0. The number of halogens is 3. The number of hydrogen-bond donors (Lipinski definition) is 3. The predicted molar refractivity (Wildman–Crippen MR) is 115 cm³/mol. The minimum atomic E-state index is -1.26. The van der Waals surface area contributed by atoms with Gasteiger partial charge in [-0.3, -0.25) is 4.68 Å². The van der Waals surface area contributed by atoms with Crippen molar-refractivity contribution in [1.29, 1.82) is 0 Å². The molecule has 3 heterocycles. The van der Waals surface area contributed by atoms with Crippen molar-refractivity contribution in [2.45, 2.75) is 44.3 Å². The third-order valence-electron chi connectivity index (χ3n) is 5.47. The van der Waals surface area contributed by atoms with Gasteiger partial charge in [-0.1, -0.05) is 0 Å². The van der Waals surface area contributed by atoms with Gasteiger partial charge in [0.05, 0.1) is 29.7 Å². The highest BCUT2D eigenvalue weighted by Gasteiger charge is 2.30. The van der Waals surface area contributed by atoms with Gasteiger partial charge in [-0.2, -0.15) is 5.10 Å². The number of nitrogens with two attached hydrogens (primary N) is 1. The van der Waals surface area contributed by atoms with Crippen molar-refractivity contribution >= 4 is 17.0 Å². The third-order valence-corrected chi connectivity index (χ3v) is 6.35. The molecule has 4 N–H and O–H groups in total. The summed E-state index contributed by atoms with van der Waals surface area (Å²) >= 11 is 1.02. The van der Waals surface area contributed by atoms with Crippen molar-refractivity contribution < 1.29 is 23.0 Å². The van der Waals surface area contributed by atoms with Gasteiger partial charge in [0.2, 0.25) is 0 Å². The number of aliphatic hydroxyl groups excluding tert-OH is 1. The fourth-order valence-corrected chi connectivity index (χ4v) is 4.63. The van der Waals surface area contributed by atoms with Gasteiger partial charge in [-0.05, 0) is 37.5 Å². The molecular weight excluding hydrogens is 443 g/mol. The molecule has 1 fully saturated rings. The molecule has 4 atom stereocenters. The van der Waals surface area contributed by atoms with E-state index in [9.17, 15) is 18.3 Å². The van der Waals surface area contributed by atoms with Crippen LogP contribution in [0.15, 0.2) is 23.7 Å². The summed E-state index contributed by atoms with van der Waals surface area (Å²) in [6, 6.07) is 1.87. The van der Waals surface area contributed by atoms with Crippen molar-refractivity contribution in [2.75, 3.05) is 11.9 Å². The number of anilines is 1. The lowest BCUT2D eigenvalue weighted by Gasteiger charge is -2.19. The molecule has 172 valence electrons. The molecule has 7 nitrogen and oxygen atoms in total. The lowest BCUT2D eigenvalue weighted by Crippen LogP contribution is -2.32. The van der Waals surface area contributed by atoms with E-state index >= 15 is 0 Å². The van der Waals surface area contributed by atoms with Gasteiger partial charge in [0.15, 0.2) is 6.23 Å². The highest BCUT2D eigenvalue weighted by molar-refractivity contribution is 7.13. The third kappa shape index (κ3) is 4.51. The number of thiazole rings is 1. The predicted octanol–water partition coefficient (Wildman–Crippen LogP) is 3.75. The lowest BCUT2D eigenvalue weighted by atomic mass is 10.0. The number of aliphatic hydroxyl groups is 1. The molecule has 1 aliphatic rings. The molecule has 0 spiro atoms. The minimum Gasteiger partial charge on any atom is -0.369 e. The molecule has 1 unspecified atom stereocenters. The second-order valence-corrected chi connectivity index (χ2v) is 8.73. The topological polar surface area (TPSA) is 98.2 Å². The molecule has 0 radical (unpaired) electrons. The summed E-state index contributed by atoms with van der Waals surface area (Å²) < 4.78 is 49.8. The highest BCUT2D eigenvalue weighted by Crippen LogP contribution is 2.35. The van der Waals surface area contributed by atoms with Gasteiger partial charge in [-0.15, -0.1) is 11.3 Å². The normalized spacial score (nSPS) is 22.5. The van der Waals surface area contributed by atoms with Crippen LogP contribution in [0.25, 0.3) is 10.6 Å². The lowest BCUT2D eigenvalue weighted by molar-refractivity contribution is 0.0246. The van der Waals surface area contributed by atoms with Gasteiger partial charge in [-0.25, -0.2) is 18.2 Å². The number of rotatable bonds is 5. The first-order chi connectivity index (χ1) is 15.2. The van der Waals surface area contributed by atoms with Crippen LogP contribution in [0.3, 0.4) is 0 Å². The van der Waals surface area contributed by atoms with E-state index in [0.29, 0.717) is 29.8 Å². The van der Waals surface area contributed by atoms with Gasteiger partial charge < -0.3 is 20.9 Å². The summed E-state index contributed by atoms with van der Waals surface area (Å²) in [6.45, 7) is 1.48. The highest BCUT2D eigenvalue weighted by atomic mass is 32.1. The smallest absolute Gasteiger partial charge is 0.169 e.